The van der Waals surface area contributed by atoms with Gasteiger partial charge in [-0.25, -0.2) is 13.6 Å². The Morgan fingerprint density at radius 1 is 1.12 bits per heavy atom. The first kappa shape index (κ1) is 23.0. The first-order valence-electron chi connectivity index (χ1n) is 9.91. The van der Waals surface area contributed by atoms with Crippen LogP contribution in [0.3, 0.4) is 0 Å². The third-order valence-electron chi connectivity index (χ3n) is 5.21. The van der Waals surface area contributed by atoms with Gasteiger partial charge in [-0.3, -0.25) is 4.79 Å². The van der Waals surface area contributed by atoms with Crippen LogP contribution in [0.5, 0.6) is 0 Å². The Morgan fingerprint density at radius 2 is 1.75 bits per heavy atom. The first-order valence-corrected chi connectivity index (χ1v) is 11.5. The molecule has 0 aliphatic heterocycles. The minimum Gasteiger partial charge on any atom is -0.345 e. The van der Waals surface area contributed by atoms with Gasteiger partial charge in [0.25, 0.3) is 5.91 Å². The maximum Gasteiger partial charge on any atom is 0.262 e. The highest BCUT2D eigenvalue weighted by Gasteiger charge is 2.16. The Kier molecular flexibility index (Phi) is 6.63. The highest BCUT2D eigenvalue weighted by molar-refractivity contribution is 7.89. The zero-order chi connectivity index (χ0) is 23.5. The Morgan fingerprint density at radius 3 is 2.31 bits per heavy atom. The molecule has 0 fully saturated rings. The van der Waals surface area contributed by atoms with Crippen LogP contribution in [0.25, 0.3) is 11.8 Å². The van der Waals surface area contributed by atoms with Crippen molar-refractivity contribution in [1.29, 1.82) is 5.26 Å². The zero-order valence-electron chi connectivity index (χ0n) is 18.0. The van der Waals surface area contributed by atoms with Crippen molar-refractivity contribution < 1.29 is 13.2 Å². The van der Waals surface area contributed by atoms with Crippen LogP contribution in [-0.2, 0) is 14.8 Å². The van der Waals surface area contributed by atoms with Crippen molar-refractivity contribution in [3.05, 3.63) is 88.8 Å². The summed E-state index contributed by atoms with van der Waals surface area (Å²) < 4.78 is 24.9. The number of aromatic nitrogens is 1. The van der Waals surface area contributed by atoms with Crippen molar-refractivity contribution in [2.75, 3.05) is 0 Å². The molecule has 0 unspecified atom stereocenters. The summed E-state index contributed by atoms with van der Waals surface area (Å²) in [4.78, 5) is 12.7. The number of primary sulfonamides is 1. The number of carbonyl (C=O) groups excluding carboxylic acids is 1. The molecule has 1 amide bonds. The topological polar surface area (TPSA) is 118 Å². The number of rotatable bonds is 6. The van der Waals surface area contributed by atoms with E-state index in [-0.39, 0.29) is 16.5 Å². The van der Waals surface area contributed by atoms with Gasteiger partial charge in [0.1, 0.15) is 11.6 Å². The molecule has 164 valence electrons. The fraction of sp³-hybridized carbons (Fsp3) is 0.167. The lowest BCUT2D eigenvalue weighted by Gasteiger charge is -2.13. The third kappa shape index (κ3) is 4.97. The lowest BCUT2D eigenvalue weighted by atomic mass is 10.1. The van der Waals surface area contributed by atoms with Gasteiger partial charge in [0.05, 0.1) is 10.9 Å². The van der Waals surface area contributed by atoms with Gasteiger partial charge in [-0.2, -0.15) is 5.26 Å². The number of aryl methyl sites for hydroxylation is 1. The van der Waals surface area contributed by atoms with Crippen LogP contribution in [0.2, 0.25) is 0 Å². The highest BCUT2D eigenvalue weighted by Crippen LogP contribution is 2.24. The first-order chi connectivity index (χ1) is 15.1. The van der Waals surface area contributed by atoms with E-state index in [9.17, 15) is 18.5 Å². The quantitative estimate of drug-likeness (QED) is 0.443. The van der Waals surface area contributed by atoms with Crippen molar-refractivity contribution in [1.82, 2.24) is 9.88 Å². The molecule has 0 radical (unpaired) electrons. The number of nitrogens with one attached hydrogen (secondary N) is 1. The van der Waals surface area contributed by atoms with Crippen molar-refractivity contribution in [3.8, 4) is 11.8 Å². The second-order valence-corrected chi connectivity index (χ2v) is 9.04. The molecule has 0 saturated heterocycles. The van der Waals surface area contributed by atoms with Crippen LogP contribution in [0, 0.1) is 25.2 Å². The van der Waals surface area contributed by atoms with Crippen LogP contribution in [0.15, 0.2) is 71.1 Å². The molecule has 0 bridgehead atoms. The van der Waals surface area contributed by atoms with E-state index in [1.807, 2.05) is 67.8 Å². The van der Waals surface area contributed by atoms with Crippen LogP contribution in [0.1, 0.15) is 35.5 Å². The molecule has 7 nitrogen and oxygen atoms in total. The molecule has 0 aliphatic carbocycles. The van der Waals surface area contributed by atoms with Crippen molar-refractivity contribution in [2.45, 2.75) is 31.7 Å². The maximum absolute atomic E-state index is 12.7. The van der Waals surface area contributed by atoms with Gasteiger partial charge >= 0.3 is 0 Å². The molecule has 8 heteroatoms. The van der Waals surface area contributed by atoms with Gasteiger partial charge < -0.3 is 9.88 Å². The predicted molar refractivity (Wildman–Crippen MR) is 123 cm³/mol. The molecule has 0 spiro atoms. The molecule has 0 saturated carbocycles. The molecular weight excluding hydrogens is 424 g/mol. The molecule has 32 heavy (non-hydrogen) atoms. The van der Waals surface area contributed by atoms with Gasteiger partial charge in [-0.1, -0.05) is 30.3 Å². The predicted octanol–water partition coefficient (Wildman–Crippen LogP) is 3.53. The van der Waals surface area contributed by atoms with E-state index in [2.05, 4.69) is 5.32 Å². The lowest BCUT2D eigenvalue weighted by molar-refractivity contribution is -0.117. The van der Waals surface area contributed by atoms with Gasteiger partial charge in [-0.15, -0.1) is 0 Å². The normalized spacial score (nSPS) is 12.8. The number of amides is 1. The number of hydrogen-bond acceptors (Lipinski definition) is 4. The summed E-state index contributed by atoms with van der Waals surface area (Å²) in [7, 11) is -3.78. The molecular formula is C24H24N4O3S. The SMILES string of the molecule is Cc1cc(/C=C(/C#N)C(=O)N[C@@H](C)c2ccccc2)c(C)n1-c1ccc(S(N)(=O)=O)cc1. The summed E-state index contributed by atoms with van der Waals surface area (Å²) >= 11 is 0. The number of hydrogen-bond donors (Lipinski definition) is 2. The minimum atomic E-state index is -3.78. The number of nitriles is 1. The molecule has 1 atom stereocenters. The van der Waals surface area contributed by atoms with Crippen LogP contribution < -0.4 is 10.5 Å². The van der Waals surface area contributed by atoms with Gasteiger partial charge in [0.2, 0.25) is 10.0 Å². The Bertz CT molecular complexity index is 1320. The number of carbonyl (C=O) groups is 1. The number of benzene rings is 2. The molecule has 3 aromatic rings. The number of sulfonamides is 1. The number of nitrogens with two attached hydrogens (primary N) is 1. The Labute approximate surface area is 187 Å². The van der Waals surface area contributed by atoms with Crippen molar-refractivity contribution in [2.24, 2.45) is 5.14 Å². The average Bonchev–Trinajstić information content (AvgIpc) is 3.04. The van der Waals surface area contributed by atoms with Crippen LogP contribution in [0.4, 0.5) is 0 Å². The zero-order valence-corrected chi connectivity index (χ0v) is 18.8. The second kappa shape index (κ2) is 9.22. The Balaban J connectivity index is 1.89. The van der Waals surface area contributed by atoms with Crippen LogP contribution in [-0.4, -0.2) is 18.9 Å². The minimum absolute atomic E-state index is 0.00222. The van der Waals surface area contributed by atoms with E-state index in [4.69, 9.17) is 5.14 Å². The van der Waals surface area contributed by atoms with Crippen LogP contribution >= 0.6 is 0 Å². The van der Waals surface area contributed by atoms with Gasteiger partial charge in [0.15, 0.2) is 0 Å². The van der Waals surface area contributed by atoms with Crippen molar-refractivity contribution in [3.63, 3.8) is 0 Å². The van der Waals surface area contributed by atoms with Gasteiger partial charge in [-0.05, 0) is 68.3 Å². The summed E-state index contributed by atoms with van der Waals surface area (Å²) in [5, 5.41) is 17.6. The van der Waals surface area contributed by atoms with E-state index in [1.54, 1.807) is 18.2 Å². The molecule has 0 aliphatic rings. The van der Waals surface area contributed by atoms with E-state index < -0.39 is 15.9 Å². The van der Waals surface area contributed by atoms with E-state index in [0.717, 1.165) is 28.2 Å². The fourth-order valence-corrected chi connectivity index (χ4v) is 4.03. The van der Waals surface area contributed by atoms with E-state index >= 15 is 0 Å². The monoisotopic (exact) mass is 448 g/mol. The summed E-state index contributed by atoms with van der Waals surface area (Å²) in [5.74, 6) is -0.453. The number of nitrogens with zero attached hydrogens (tertiary/aromatic N) is 2. The summed E-state index contributed by atoms with van der Waals surface area (Å²) in [6.45, 7) is 5.62. The third-order valence-corrected chi connectivity index (χ3v) is 6.14. The fourth-order valence-electron chi connectivity index (χ4n) is 3.52. The largest absolute Gasteiger partial charge is 0.345 e. The van der Waals surface area contributed by atoms with Crippen molar-refractivity contribution >= 4 is 22.0 Å². The smallest absolute Gasteiger partial charge is 0.262 e. The van der Waals surface area contributed by atoms with E-state index in [1.165, 1.54) is 12.1 Å². The standard InChI is InChI=1S/C24H24N4O3S/c1-16-13-20(18(3)28(16)22-9-11-23(12-10-22)32(26,30)31)14-21(15-25)24(29)27-17(2)19-7-5-4-6-8-19/h4-14,17H,1-3H3,(H,27,29)(H2,26,30,31)/b21-14-/t17-/m0/s1. The summed E-state index contributed by atoms with van der Waals surface area (Å²) in [5.41, 5.74) is 4.08. The molecule has 1 aromatic heterocycles. The second-order valence-electron chi connectivity index (χ2n) is 7.48. The maximum atomic E-state index is 12.7. The lowest BCUT2D eigenvalue weighted by Crippen LogP contribution is -2.27. The summed E-state index contributed by atoms with van der Waals surface area (Å²) in [6.07, 6.45) is 1.56. The van der Waals surface area contributed by atoms with E-state index in [0.29, 0.717) is 0 Å². The molecule has 3 rings (SSSR count). The Hall–Kier alpha value is -3.67. The van der Waals surface area contributed by atoms with Gasteiger partial charge in [0, 0.05) is 17.1 Å². The average molecular weight is 449 g/mol. The molecule has 2 aromatic carbocycles. The molecule has 1 heterocycles. The highest BCUT2D eigenvalue weighted by atomic mass is 32.2. The molecule has 3 N–H and O–H groups in total. The summed E-state index contributed by atoms with van der Waals surface area (Å²) in [6, 6.07) is 19.3.